The topological polar surface area (TPSA) is 141 Å². The molecule has 0 aliphatic heterocycles. The number of rotatable bonds is 9. The summed E-state index contributed by atoms with van der Waals surface area (Å²) < 4.78 is 8.20. The first-order valence-electron chi connectivity index (χ1n) is 10.8. The standard InChI is InChI=1S/C20H36N6O4Si/c1-7-8-20(2,3)31(5,6)30-10-12-9-13(16(28)15(12)27)26-11-22-14-17(25-29-4)23-19(21)24-18(14)26/h11-13,15-16,27-28H,7-10H2,1-6H3,(H3,21,23,24,25)/t12-,13-,15-,16+/m1/s1. The molecule has 10 nitrogen and oxygen atoms in total. The summed E-state index contributed by atoms with van der Waals surface area (Å²) in [6, 6.07) is -0.397. The fraction of sp³-hybridized carbons (Fsp3) is 0.750. The molecule has 0 saturated heterocycles. The van der Waals surface area contributed by atoms with Gasteiger partial charge >= 0.3 is 0 Å². The van der Waals surface area contributed by atoms with E-state index in [-0.39, 0.29) is 16.9 Å². The number of hydrogen-bond acceptors (Lipinski definition) is 9. The van der Waals surface area contributed by atoms with E-state index in [9.17, 15) is 10.2 Å². The Balaban J connectivity index is 1.80. The molecule has 1 saturated carbocycles. The summed E-state index contributed by atoms with van der Waals surface area (Å²) in [5.74, 6) is 0.229. The van der Waals surface area contributed by atoms with Crippen LogP contribution in [0.2, 0.25) is 18.1 Å². The predicted molar refractivity (Wildman–Crippen MR) is 122 cm³/mol. The summed E-state index contributed by atoms with van der Waals surface area (Å²) in [5, 5.41) is 21.7. The Morgan fingerprint density at radius 3 is 2.65 bits per heavy atom. The van der Waals surface area contributed by atoms with Crippen LogP contribution < -0.4 is 11.2 Å². The van der Waals surface area contributed by atoms with Crippen molar-refractivity contribution in [1.82, 2.24) is 19.5 Å². The van der Waals surface area contributed by atoms with Gasteiger partial charge in [-0.15, -0.1) is 0 Å². The van der Waals surface area contributed by atoms with Gasteiger partial charge in [0.2, 0.25) is 5.95 Å². The SMILES string of the molecule is CCCC(C)(C)[Si](C)(C)OC[C@H]1C[C@@H](n2cnc3c(NOC)nc(N)nc32)[C@H](O)[C@@H]1O. The van der Waals surface area contributed by atoms with Crippen molar-refractivity contribution < 1.29 is 19.5 Å². The lowest BCUT2D eigenvalue weighted by Gasteiger charge is -2.40. The average Bonchev–Trinajstić information content (AvgIpc) is 3.22. The van der Waals surface area contributed by atoms with Gasteiger partial charge in [0.25, 0.3) is 0 Å². The number of fused-ring (bicyclic) bond motifs is 1. The van der Waals surface area contributed by atoms with E-state index in [1.54, 1.807) is 10.9 Å². The van der Waals surface area contributed by atoms with Crippen molar-refractivity contribution in [3.63, 3.8) is 0 Å². The molecule has 0 unspecified atom stereocenters. The highest BCUT2D eigenvalue weighted by molar-refractivity contribution is 6.74. The fourth-order valence-corrected chi connectivity index (χ4v) is 6.19. The normalized spacial score (nSPS) is 24.8. The third kappa shape index (κ3) is 4.56. The molecule has 1 aliphatic rings. The Hall–Kier alpha value is -1.79. The predicted octanol–water partition coefficient (Wildman–Crippen LogP) is 2.47. The second-order valence-corrected chi connectivity index (χ2v) is 14.2. The van der Waals surface area contributed by atoms with E-state index in [1.165, 1.54) is 7.11 Å². The van der Waals surface area contributed by atoms with Crippen molar-refractivity contribution in [2.45, 2.75) is 76.4 Å². The lowest BCUT2D eigenvalue weighted by atomic mass is 10.1. The number of aliphatic hydroxyl groups excluding tert-OH is 2. The number of nitrogens with two attached hydrogens (primary N) is 1. The highest BCUT2D eigenvalue weighted by Gasteiger charge is 2.46. The molecule has 1 fully saturated rings. The number of imidazole rings is 1. The summed E-state index contributed by atoms with van der Waals surface area (Å²) in [6.07, 6.45) is 2.49. The van der Waals surface area contributed by atoms with Crippen molar-refractivity contribution in [3.8, 4) is 0 Å². The fourth-order valence-electron chi connectivity index (χ4n) is 4.32. The number of aromatic nitrogens is 4. The summed E-state index contributed by atoms with van der Waals surface area (Å²) in [5.41, 5.74) is 9.45. The van der Waals surface area contributed by atoms with Crippen LogP contribution in [0.4, 0.5) is 11.8 Å². The maximum absolute atomic E-state index is 10.8. The van der Waals surface area contributed by atoms with Crippen LogP contribution in [0.25, 0.3) is 11.2 Å². The summed E-state index contributed by atoms with van der Waals surface area (Å²) in [6.45, 7) is 11.6. The van der Waals surface area contributed by atoms with Crippen molar-refractivity contribution in [1.29, 1.82) is 0 Å². The van der Waals surface area contributed by atoms with Gasteiger partial charge in [0, 0.05) is 12.5 Å². The lowest BCUT2D eigenvalue weighted by Crippen LogP contribution is -2.44. The molecule has 31 heavy (non-hydrogen) atoms. The van der Waals surface area contributed by atoms with E-state index in [0.29, 0.717) is 30.0 Å². The molecule has 0 aromatic carbocycles. The average molecular weight is 453 g/mol. The molecule has 2 aromatic rings. The Morgan fingerprint density at radius 2 is 2.00 bits per heavy atom. The second kappa shape index (κ2) is 8.98. The quantitative estimate of drug-likeness (QED) is 0.333. The number of nitrogen functional groups attached to an aromatic ring is 1. The molecule has 0 spiro atoms. The van der Waals surface area contributed by atoms with Gasteiger partial charge in [0.1, 0.15) is 6.10 Å². The first-order chi connectivity index (χ1) is 14.5. The van der Waals surface area contributed by atoms with Crippen molar-refractivity contribution >= 4 is 31.2 Å². The van der Waals surface area contributed by atoms with Crippen LogP contribution in [-0.2, 0) is 9.26 Å². The van der Waals surface area contributed by atoms with E-state index in [1.807, 2.05) is 0 Å². The Bertz CT molecular complexity index is 905. The van der Waals surface area contributed by atoms with Crippen molar-refractivity contribution in [2.24, 2.45) is 5.92 Å². The molecule has 1 aliphatic carbocycles. The largest absolute Gasteiger partial charge is 0.416 e. The summed E-state index contributed by atoms with van der Waals surface area (Å²) >= 11 is 0. The van der Waals surface area contributed by atoms with Gasteiger partial charge in [-0.05, 0) is 31.0 Å². The van der Waals surface area contributed by atoms with Crippen LogP contribution in [0.15, 0.2) is 6.33 Å². The minimum atomic E-state index is -2.00. The maximum Gasteiger partial charge on any atom is 0.224 e. The Labute approximate surface area is 184 Å². The highest BCUT2D eigenvalue weighted by atomic mass is 28.4. The molecule has 3 rings (SSSR count). The van der Waals surface area contributed by atoms with Crippen LogP contribution in [0.5, 0.6) is 0 Å². The lowest BCUT2D eigenvalue weighted by molar-refractivity contribution is -0.00264. The number of aliphatic hydroxyl groups is 2. The van der Waals surface area contributed by atoms with Gasteiger partial charge in [-0.3, -0.25) is 4.84 Å². The number of hydrogen-bond donors (Lipinski definition) is 4. The van der Waals surface area contributed by atoms with Gasteiger partial charge in [-0.25, -0.2) is 10.5 Å². The van der Waals surface area contributed by atoms with E-state index in [2.05, 4.69) is 54.3 Å². The number of nitrogens with one attached hydrogen (secondary N) is 1. The smallest absolute Gasteiger partial charge is 0.224 e. The second-order valence-electron chi connectivity index (χ2n) is 9.56. The maximum atomic E-state index is 10.8. The van der Waals surface area contributed by atoms with Gasteiger partial charge in [-0.2, -0.15) is 9.97 Å². The molecular weight excluding hydrogens is 416 g/mol. The zero-order chi connectivity index (χ0) is 23.0. The molecule has 11 heteroatoms. The zero-order valence-corrected chi connectivity index (χ0v) is 20.3. The first-order valence-corrected chi connectivity index (χ1v) is 13.7. The molecule has 2 aromatic heterocycles. The van der Waals surface area contributed by atoms with Gasteiger partial charge in [-0.1, -0.05) is 27.2 Å². The van der Waals surface area contributed by atoms with Crippen LogP contribution in [0.1, 0.15) is 46.1 Å². The monoisotopic (exact) mass is 452 g/mol. The molecule has 0 bridgehead atoms. The molecule has 2 heterocycles. The highest BCUT2D eigenvalue weighted by Crippen LogP contribution is 2.44. The van der Waals surface area contributed by atoms with Crippen LogP contribution in [0, 0.1) is 5.92 Å². The molecule has 4 atom stereocenters. The molecule has 5 N–H and O–H groups in total. The van der Waals surface area contributed by atoms with Gasteiger partial charge in [0.15, 0.2) is 25.3 Å². The minimum absolute atomic E-state index is 0.0626. The van der Waals surface area contributed by atoms with E-state index in [0.717, 1.165) is 12.8 Å². The van der Waals surface area contributed by atoms with E-state index in [4.69, 9.17) is 15.0 Å². The van der Waals surface area contributed by atoms with Crippen molar-refractivity contribution in [3.05, 3.63) is 6.33 Å². The van der Waals surface area contributed by atoms with Crippen LogP contribution in [0.3, 0.4) is 0 Å². The van der Waals surface area contributed by atoms with Gasteiger partial charge < -0.3 is 24.9 Å². The Morgan fingerprint density at radius 1 is 1.29 bits per heavy atom. The van der Waals surface area contributed by atoms with Crippen molar-refractivity contribution in [2.75, 3.05) is 24.9 Å². The molecular formula is C20H36N6O4Si. The minimum Gasteiger partial charge on any atom is -0.416 e. The summed E-state index contributed by atoms with van der Waals surface area (Å²) in [4.78, 5) is 17.7. The third-order valence-corrected chi connectivity index (χ3v) is 11.3. The number of anilines is 2. The van der Waals surface area contributed by atoms with Crippen LogP contribution in [-0.4, -0.2) is 64.0 Å². The van der Waals surface area contributed by atoms with Gasteiger partial charge in [0.05, 0.1) is 25.6 Å². The molecule has 0 radical (unpaired) electrons. The van der Waals surface area contributed by atoms with E-state index >= 15 is 0 Å². The summed E-state index contributed by atoms with van der Waals surface area (Å²) in [7, 11) is -0.531. The zero-order valence-electron chi connectivity index (χ0n) is 19.3. The molecule has 174 valence electrons. The molecule has 0 amide bonds. The van der Waals surface area contributed by atoms with E-state index < -0.39 is 26.6 Å². The van der Waals surface area contributed by atoms with Crippen LogP contribution >= 0.6 is 0 Å². The first kappa shape index (κ1) is 23.9. The Kier molecular flexibility index (Phi) is 6.92. The number of nitrogens with zero attached hydrogens (tertiary/aromatic N) is 4. The third-order valence-electron chi connectivity index (χ3n) is 6.93.